The van der Waals surface area contributed by atoms with E-state index in [0.29, 0.717) is 39.3 Å². The summed E-state index contributed by atoms with van der Waals surface area (Å²) in [7, 11) is 2.00. The Morgan fingerprint density at radius 1 is 0.429 bits per heavy atom. The summed E-state index contributed by atoms with van der Waals surface area (Å²) in [5.41, 5.74) is 0. The average molecular weight is 923 g/mol. The van der Waals surface area contributed by atoms with Crippen molar-refractivity contribution in [1.82, 2.24) is 9.80 Å². The molecule has 2 radical (unpaired) electrons. The van der Waals surface area contributed by atoms with E-state index in [-0.39, 0.29) is 120 Å². The van der Waals surface area contributed by atoms with Crippen LogP contribution in [-0.4, -0.2) is 154 Å². The molecule has 0 amide bonds. The van der Waals surface area contributed by atoms with Crippen LogP contribution in [0.2, 0.25) is 0 Å². The molecule has 0 aliphatic carbocycles. The molecule has 0 heterocycles. The summed E-state index contributed by atoms with van der Waals surface area (Å²) in [4.78, 5) is 36.5. The second kappa shape index (κ2) is 72.4. The van der Waals surface area contributed by atoms with E-state index in [1.165, 1.54) is 0 Å². The second-order valence-corrected chi connectivity index (χ2v) is 4.88. The third-order valence-corrected chi connectivity index (χ3v) is 2.48. The molecule has 6 N–H and O–H groups in total. The molecule has 0 saturated heterocycles. The minimum Gasteiger partial charge on any atom is -0.854 e. The Balaban J connectivity index is -0.0000000371. The van der Waals surface area contributed by atoms with E-state index in [2.05, 4.69) is 0 Å². The first-order chi connectivity index (χ1) is 18.6. The van der Waals surface area contributed by atoms with E-state index in [1.807, 2.05) is 0 Å². The maximum atomic E-state index is 10.1. The largest absolute Gasteiger partial charge is 3.00 e. The normalized spacial score (nSPS) is 7.71. The fraction of sp³-hybridized carbons (Fsp3) is 1.00. The van der Waals surface area contributed by atoms with Crippen LogP contribution in [0.5, 0.6) is 0 Å². The van der Waals surface area contributed by atoms with Gasteiger partial charge in [0.1, 0.15) is 0 Å². The van der Waals surface area contributed by atoms with Crippen LogP contribution >= 0.6 is 0 Å². The molecule has 0 aromatic rings. The molecule has 0 rings (SSSR count). The molecule has 258 valence electrons. The molecule has 0 aromatic carbocycles. The van der Waals surface area contributed by atoms with Gasteiger partial charge in [0.25, 0.3) is 0 Å². The van der Waals surface area contributed by atoms with Crippen LogP contribution in [0.15, 0.2) is 0 Å². The summed E-state index contributed by atoms with van der Waals surface area (Å²) < 4.78 is 0. The molecule has 0 aromatic heterocycles. The van der Waals surface area contributed by atoms with E-state index in [1.54, 1.807) is 9.80 Å². The van der Waals surface area contributed by atoms with Crippen molar-refractivity contribution in [1.29, 1.82) is 0 Å². The predicted octanol–water partition coefficient (Wildman–Crippen LogP) is -6.47. The van der Waals surface area contributed by atoms with Crippen molar-refractivity contribution in [3.05, 3.63) is 61.3 Å². The van der Waals surface area contributed by atoms with Gasteiger partial charge in [-0.05, 0) is 13.1 Å². The molecule has 28 heteroatoms. The van der Waals surface area contributed by atoms with E-state index < -0.39 is 20.3 Å². The zero-order valence-corrected chi connectivity index (χ0v) is 26.8. The average Bonchev–Trinajstić information content (AvgIpc) is 2.82. The summed E-state index contributed by atoms with van der Waals surface area (Å²) in [6.07, 6.45) is 0. The molecular weight excluding hydrogens is 887 g/mol. The number of hydrogen-bond donors (Lipinski definition) is 6. The van der Waals surface area contributed by atoms with Crippen molar-refractivity contribution in [2.75, 3.05) is 93.1 Å². The van der Waals surface area contributed by atoms with Gasteiger partial charge < -0.3 is 112 Å². The molecule has 26 nitrogen and oxygen atoms in total. The quantitative estimate of drug-likeness (QED) is 0.0783. The first-order valence-electron chi connectivity index (χ1n) is 9.82. The predicted molar refractivity (Wildman–Crippen MR) is 129 cm³/mol. The third kappa shape index (κ3) is 194. The van der Waals surface area contributed by atoms with Gasteiger partial charge in [-0.15, -0.1) is 13.2 Å². The number of nitrogens with zero attached hydrogens (tertiary/aromatic N) is 6. The number of hydrogen-bond acceptors (Lipinski definition) is 22. The van der Waals surface area contributed by atoms with Crippen molar-refractivity contribution in [3.63, 3.8) is 0 Å². The first kappa shape index (κ1) is 68.3. The summed E-state index contributed by atoms with van der Waals surface area (Å²) in [6, 6.07) is 0. The molecule has 0 atom stereocenters. The van der Waals surface area contributed by atoms with Crippen molar-refractivity contribution in [2.45, 2.75) is 0 Å². The van der Waals surface area contributed by atoms with Crippen molar-refractivity contribution in [2.24, 2.45) is 0 Å². The number of rotatable bonds is 12. The van der Waals surface area contributed by atoms with Crippen LogP contribution in [0, 0.1) is 141 Å². The maximum absolute atomic E-state index is 10.1. The molecule has 42 heavy (non-hydrogen) atoms. The minimum absolute atomic E-state index is 0. The van der Waals surface area contributed by atoms with Crippen LogP contribution in [-0.2, 0) is 0 Å². The van der Waals surface area contributed by atoms with Gasteiger partial charge in [-0.1, -0.05) is 0 Å². The summed E-state index contributed by atoms with van der Waals surface area (Å²) in [6.45, 7) is 2.51. The Morgan fingerprint density at radius 2 is 0.548 bits per heavy atom. The SMILES string of the molecule is CO.CO.O=[N+]([O-])[O-].O=[N+]([O-])[O-].O=[N+]([O-])[O-].O=[N+]([O-])[O-].[Gd+3].[Gd+3].[O-]CCN(CCO)CCO.[O-]CCN(CCO)CCO. The van der Waals surface area contributed by atoms with Gasteiger partial charge in [0.05, 0.1) is 46.8 Å². The molecule has 0 aliphatic rings. The second-order valence-electron chi connectivity index (χ2n) is 4.88. The minimum atomic E-state index is -1.75. The fourth-order valence-corrected chi connectivity index (χ4v) is 1.49. The van der Waals surface area contributed by atoms with Gasteiger partial charge in [-0.25, -0.2) is 0 Å². The summed E-state index contributed by atoms with van der Waals surface area (Å²) >= 11 is 0. The van der Waals surface area contributed by atoms with E-state index in [4.69, 9.17) is 91.9 Å². The third-order valence-electron chi connectivity index (χ3n) is 2.48. The van der Waals surface area contributed by atoms with E-state index >= 15 is 0 Å². The monoisotopic (exact) mass is 924 g/mol. The van der Waals surface area contributed by atoms with Gasteiger partial charge in [0.2, 0.25) is 0 Å². The zero-order chi connectivity index (χ0) is 33.9. The molecule has 0 fully saturated rings. The fourth-order valence-electron chi connectivity index (χ4n) is 1.49. The Bertz CT molecular complexity index is 396. The molecule has 0 spiro atoms. The van der Waals surface area contributed by atoms with Crippen LogP contribution in [0.25, 0.3) is 0 Å². The first-order valence-corrected chi connectivity index (χ1v) is 9.82. The number of aliphatic hydroxyl groups is 6. The van der Waals surface area contributed by atoms with E-state index in [0.717, 1.165) is 14.2 Å². The summed E-state index contributed by atoms with van der Waals surface area (Å²) in [5.74, 6) is 0. The van der Waals surface area contributed by atoms with Gasteiger partial charge in [0.15, 0.2) is 0 Å². The van der Waals surface area contributed by atoms with E-state index in [9.17, 15) is 10.2 Å². The number of aliphatic hydroxyl groups excluding tert-OH is 6. The van der Waals surface area contributed by atoms with Crippen LogP contribution in [0.4, 0.5) is 0 Å². The Labute approximate surface area is 302 Å². The van der Waals surface area contributed by atoms with Crippen molar-refractivity contribution in [3.8, 4) is 0 Å². The smallest absolute Gasteiger partial charge is 0.854 e. The molecule has 0 saturated carbocycles. The van der Waals surface area contributed by atoms with Gasteiger partial charge in [-0.3, -0.25) is 0 Å². The summed E-state index contributed by atoms with van der Waals surface area (Å²) in [5, 5.41) is 127. The molecule has 0 unspecified atom stereocenters. The zero-order valence-electron chi connectivity index (χ0n) is 22.3. The molecule has 0 bridgehead atoms. The topological polar surface area (TPSA) is 439 Å². The van der Waals surface area contributed by atoms with Crippen LogP contribution in [0.3, 0.4) is 0 Å². The maximum Gasteiger partial charge on any atom is 3.00 e. The van der Waals surface area contributed by atoms with Gasteiger partial charge in [0, 0.05) is 40.4 Å². The molecule has 0 aliphatic heterocycles. The Kier molecular flexibility index (Phi) is 118. The molecular formula is C14H36Gd2N6O20. The van der Waals surface area contributed by atoms with Gasteiger partial charge in [-0.2, -0.15) is 0 Å². The Morgan fingerprint density at radius 3 is 0.619 bits per heavy atom. The standard InChI is InChI=1S/2C6H14NO3.2CH4O.2Gd.4NO3/c2*8-4-1-7(2-5-9)3-6-10;2*1-2;;;4*2-1(3)4/h2*8-9H,1-6H2;2*2H,1H3;;;;;;/q2*-1;;;2*+3;4*-1. The van der Waals surface area contributed by atoms with Crippen molar-refractivity contribution >= 4 is 0 Å². The van der Waals surface area contributed by atoms with Crippen LogP contribution in [0.1, 0.15) is 0 Å². The van der Waals surface area contributed by atoms with Crippen LogP contribution < -0.4 is 10.2 Å². The van der Waals surface area contributed by atoms with Crippen molar-refractivity contribution < 1.29 is 141 Å². The van der Waals surface area contributed by atoms with Gasteiger partial charge >= 0.3 is 79.9 Å². The Hall–Kier alpha value is -0.951.